The van der Waals surface area contributed by atoms with Gasteiger partial charge in [-0.25, -0.2) is 14.4 Å². The number of benzene rings is 2. The Hall–Kier alpha value is -3.11. The molecule has 204 valence electrons. The lowest BCUT2D eigenvalue weighted by atomic mass is 9.76. The zero-order valence-corrected chi connectivity index (χ0v) is 22.9. The summed E-state index contributed by atoms with van der Waals surface area (Å²) in [7, 11) is 0. The molecule has 0 saturated carbocycles. The van der Waals surface area contributed by atoms with Crippen molar-refractivity contribution in [3.63, 3.8) is 0 Å². The van der Waals surface area contributed by atoms with Gasteiger partial charge < -0.3 is 15.1 Å². The quantitative estimate of drug-likeness (QED) is 0.473. The van der Waals surface area contributed by atoms with Crippen LogP contribution in [-0.4, -0.2) is 54.9 Å². The molecule has 2 atom stereocenters. The molecular formula is C28H27Cl2FN4O4. The highest BCUT2D eigenvalue weighted by Gasteiger charge is 2.53. The van der Waals surface area contributed by atoms with E-state index in [2.05, 4.69) is 9.97 Å². The minimum atomic E-state index is -2.19. The van der Waals surface area contributed by atoms with E-state index >= 15 is 4.39 Å². The molecule has 39 heavy (non-hydrogen) atoms. The molecule has 2 aliphatic rings. The van der Waals surface area contributed by atoms with E-state index < -0.39 is 23.1 Å². The molecule has 1 aromatic heterocycles. The van der Waals surface area contributed by atoms with Crippen LogP contribution in [-0.2, 0) is 22.7 Å². The first-order valence-electron chi connectivity index (χ1n) is 12.5. The molecule has 0 radical (unpaired) electrons. The van der Waals surface area contributed by atoms with Gasteiger partial charge in [0.15, 0.2) is 5.72 Å². The zero-order valence-electron chi connectivity index (χ0n) is 21.4. The van der Waals surface area contributed by atoms with E-state index in [4.69, 9.17) is 23.2 Å². The number of halogens is 3. The van der Waals surface area contributed by atoms with Crippen molar-refractivity contribution in [2.24, 2.45) is 5.92 Å². The highest BCUT2D eigenvalue weighted by Crippen LogP contribution is 2.47. The first-order chi connectivity index (χ1) is 18.4. The maximum absolute atomic E-state index is 16.0. The molecule has 2 aromatic carbocycles. The number of carbonyl (C=O) groups excluding carboxylic acids is 2. The predicted molar refractivity (Wildman–Crippen MR) is 142 cm³/mol. The number of nitrogens with zero attached hydrogens (tertiary/aromatic N) is 4. The van der Waals surface area contributed by atoms with Gasteiger partial charge in [-0.1, -0.05) is 35.3 Å². The largest absolute Gasteiger partial charge is 0.385 e. The van der Waals surface area contributed by atoms with E-state index in [0.29, 0.717) is 36.0 Å². The summed E-state index contributed by atoms with van der Waals surface area (Å²) in [5.74, 6) is -1.60. The van der Waals surface area contributed by atoms with E-state index in [1.54, 1.807) is 24.0 Å². The third-order valence-corrected chi connectivity index (χ3v) is 8.29. The first kappa shape index (κ1) is 27.5. The van der Waals surface area contributed by atoms with E-state index in [0.717, 1.165) is 4.90 Å². The van der Waals surface area contributed by atoms with E-state index in [9.17, 15) is 19.8 Å². The van der Waals surface area contributed by atoms with Gasteiger partial charge in [-0.2, -0.15) is 0 Å². The first-order valence-corrected chi connectivity index (χ1v) is 13.3. The van der Waals surface area contributed by atoms with Crippen LogP contribution < -0.4 is 0 Å². The Morgan fingerprint density at radius 3 is 2.33 bits per heavy atom. The fraction of sp³-hybridized carbons (Fsp3) is 0.357. The summed E-state index contributed by atoms with van der Waals surface area (Å²) in [4.78, 5) is 36.6. The molecule has 1 fully saturated rings. The number of hydrogen-bond acceptors (Lipinski definition) is 6. The van der Waals surface area contributed by atoms with E-state index in [1.807, 2.05) is 0 Å². The third kappa shape index (κ3) is 4.78. The van der Waals surface area contributed by atoms with Gasteiger partial charge in [0.1, 0.15) is 11.6 Å². The van der Waals surface area contributed by atoms with Crippen molar-refractivity contribution in [3.8, 4) is 0 Å². The molecule has 3 aromatic rings. The van der Waals surface area contributed by atoms with Gasteiger partial charge in [0, 0.05) is 43.0 Å². The highest BCUT2D eigenvalue weighted by molar-refractivity contribution is 6.30. The third-order valence-electron chi connectivity index (χ3n) is 7.84. The number of aliphatic hydroxyl groups is 2. The molecule has 2 amide bonds. The molecule has 0 bridgehead atoms. The Morgan fingerprint density at radius 2 is 1.74 bits per heavy atom. The van der Waals surface area contributed by atoms with Crippen LogP contribution in [0.15, 0.2) is 48.8 Å². The topological polar surface area (TPSA) is 107 Å². The number of rotatable bonds is 5. The lowest BCUT2D eigenvalue weighted by Gasteiger charge is -2.40. The summed E-state index contributed by atoms with van der Waals surface area (Å²) < 4.78 is 16.0. The average molecular weight is 573 g/mol. The Labute approximate surface area is 235 Å². The fourth-order valence-electron chi connectivity index (χ4n) is 5.57. The summed E-state index contributed by atoms with van der Waals surface area (Å²) >= 11 is 12.0. The van der Waals surface area contributed by atoms with Gasteiger partial charge in [-0.05, 0) is 55.5 Å². The smallest absolute Gasteiger partial charge is 0.257 e. The maximum Gasteiger partial charge on any atom is 0.257 e. The van der Waals surface area contributed by atoms with Crippen LogP contribution >= 0.6 is 23.2 Å². The van der Waals surface area contributed by atoms with Gasteiger partial charge in [-0.15, -0.1) is 0 Å². The molecule has 3 heterocycles. The maximum atomic E-state index is 16.0. The molecule has 11 heteroatoms. The predicted octanol–water partition coefficient (Wildman–Crippen LogP) is 4.24. The van der Waals surface area contributed by atoms with Crippen molar-refractivity contribution < 1.29 is 24.2 Å². The number of hydrogen-bond donors (Lipinski definition) is 2. The molecule has 0 aliphatic carbocycles. The van der Waals surface area contributed by atoms with Gasteiger partial charge >= 0.3 is 0 Å². The lowest BCUT2D eigenvalue weighted by Crippen LogP contribution is -2.45. The fourth-order valence-corrected chi connectivity index (χ4v) is 5.80. The summed E-state index contributed by atoms with van der Waals surface area (Å²) in [6, 6.07) is 8.74. The molecule has 8 nitrogen and oxygen atoms in total. The van der Waals surface area contributed by atoms with Gasteiger partial charge in [0.05, 0.1) is 28.3 Å². The standard InChI is InChI=1S/C28H27Cl2FN4O4/c1-16(36)34-9-7-17(8-10-34)27(2,38)19-11-22-25(23(31)12-19)28(39,18-3-5-20(29)6-4-18)35(26(22)37)15-24-32-13-21(30)14-33-24/h3-6,11-14,17,38-39H,7-10,15H2,1-2H3. The minimum absolute atomic E-state index is 0.0338. The molecule has 2 aliphatic heterocycles. The second-order valence-corrected chi connectivity index (χ2v) is 11.1. The Morgan fingerprint density at radius 1 is 1.13 bits per heavy atom. The van der Waals surface area contributed by atoms with Crippen molar-refractivity contribution in [1.82, 2.24) is 19.8 Å². The molecule has 0 spiro atoms. The number of fused-ring (bicyclic) bond motifs is 1. The van der Waals surface area contributed by atoms with Crippen molar-refractivity contribution in [2.45, 2.75) is 44.6 Å². The number of aromatic nitrogens is 2. The number of amides is 2. The molecule has 5 rings (SSSR count). The van der Waals surface area contributed by atoms with Crippen LogP contribution in [0.5, 0.6) is 0 Å². The van der Waals surface area contributed by atoms with Crippen molar-refractivity contribution >= 4 is 35.0 Å². The minimum Gasteiger partial charge on any atom is -0.385 e. The van der Waals surface area contributed by atoms with Crippen LogP contribution in [0.3, 0.4) is 0 Å². The van der Waals surface area contributed by atoms with E-state index in [1.165, 1.54) is 43.6 Å². The highest BCUT2D eigenvalue weighted by atomic mass is 35.5. The van der Waals surface area contributed by atoms with Gasteiger partial charge in [0.25, 0.3) is 5.91 Å². The van der Waals surface area contributed by atoms with E-state index in [-0.39, 0.29) is 46.4 Å². The Bertz CT molecular complexity index is 1430. The Balaban J connectivity index is 1.58. The summed E-state index contributed by atoms with van der Waals surface area (Å²) in [5.41, 5.74) is -3.53. The SMILES string of the molecule is CC(=O)N1CCC(C(C)(O)c2cc(F)c3c(c2)C(=O)N(Cc2ncc(Cl)cn2)C3(O)c2ccc(Cl)cc2)CC1. The molecule has 2 unspecified atom stereocenters. The van der Waals surface area contributed by atoms with Crippen LogP contribution in [0, 0.1) is 11.7 Å². The van der Waals surface area contributed by atoms with Gasteiger partial charge in [0.2, 0.25) is 5.91 Å². The normalized spacial score (nSPS) is 21.2. The van der Waals surface area contributed by atoms with Gasteiger partial charge in [-0.3, -0.25) is 14.5 Å². The zero-order chi connectivity index (χ0) is 28.1. The van der Waals surface area contributed by atoms with Crippen molar-refractivity contribution in [2.75, 3.05) is 13.1 Å². The second-order valence-electron chi connectivity index (χ2n) is 10.2. The number of likely N-dealkylation sites (tertiary alicyclic amines) is 1. The monoisotopic (exact) mass is 572 g/mol. The van der Waals surface area contributed by atoms with Crippen LogP contribution in [0.25, 0.3) is 0 Å². The molecular weight excluding hydrogens is 546 g/mol. The summed E-state index contributed by atoms with van der Waals surface area (Å²) in [5, 5.41) is 24.4. The summed E-state index contributed by atoms with van der Waals surface area (Å²) in [6.07, 6.45) is 3.78. The number of piperidine rings is 1. The van der Waals surface area contributed by atoms with Crippen LogP contribution in [0.4, 0.5) is 4.39 Å². The lowest BCUT2D eigenvalue weighted by molar-refractivity contribution is -0.132. The summed E-state index contributed by atoms with van der Waals surface area (Å²) in [6.45, 7) is 3.81. The van der Waals surface area contributed by atoms with Crippen molar-refractivity contribution in [3.05, 3.63) is 92.7 Å². The Kier molecular flexibility index (Phi) is 7.13. The van der Waals surface area contributed by atoms with Crippen LogP contribution in [0.1, 0.15) is 59.6 Å². The average Bonchev–Trinajstić information content (AvgIpc) is 3.13. The number of carbonyl (C=O) groups is 2. The molecule has 1 saturated heterocycles. The second kappa shape index (κ2) is 10.1. The van der Waals surface area contributed by atoms with Crippen molar-refractivity contribution in [1.29, 1.82) is 0 Å². The molecule has 2 N–H and O–H groups in total. The van der Waals surface area contributed by atoms with Crippen LogP contribution in [0.2, 0.25) is 10.0 Å².